The van der Waals surface area contributed by atoms with Crippen molar-refractivity contribution in [2.45, 2.75) is 19.8 Å². The highest BCUT2D eigenvalue weighted by atomic mass is 79.9. The van der Waals surface area contributed by atoms with Crippen molar-refractivity contribution in [1.82, 2.24) is 10.3 Å². The lowest BCUT2D eigenvalue weighted by molar-refractivity contribution is 0.0953. The summed E-state index contributed by atoms with van der Waals surface area (Å²) in [5, 5.41) is 4.16. The van der Waals surface area contributed by atoms with E-state index in [2.05, 4.69) is 32.3 Å². The molecule has 2 aromatic carbocycles. The predicted molar refractivity (Wildman–Crippen MR) is 111 cm³/mol. The highest BCUT2D eigenvalue weighted by Crippen LogP contribution is 2.36. The van der Waals surface area contributed by atoms with E-state index in [0.29, 0.717) is 34.7 Å². The van der Waals surface area contributed by atoms with Gasteiger partial charge < -0.3 is 19.8 Å². The fraction of sp³-hybridized carbons (Fsp3) is 0.286. The Morgan fingerprint density at radius 3 is 2.85 bits per heavy atom. The van der Waals surface area contributed by atoms with E-state index < -0.39 is 0 Å². The molecule has 0 spiro atoms. The summed E-state index contributed by atoms with van der Waals surface area (Å²) < 4.78 is 11.8. The number of carbonyl (C=O) groups is 1. The molecule has 0 aliphatic heterocycles. The van der Waals surface area contributed by atoms with Crippen molar-refractivity contribution in [3.8, 4) is 11.5 Å². The molecule has 27 heavy (non-hydrogen) atoms. The van der Waals surface area contributed by atoms with Crippen LogP contribution in [0.3, 0.4) is 0 Å². The normalized spacial score (nSPS) is 10.8. The molecule has 2 N–H and O–H groups in total. The summed E-state index contributed by atoms with van der Waals surface area (Å²) in [6.07, 6.45) is 3.65. The number of H-pyrrole nitrogens is 1. The van der Waals surface area contributed by atoms with Crippen molar-refractivity contribution in [2.24, 2.45) is 0 Å². The molecule has 0 saturated carbocycles. The van der Waals surface area contributed by atoms with Gasteiger partial charge in [0.05, 0.1) is 18.2 Å². The Morgan fingerprint density at radius 1 is 1.26 bits per heavy atom. The summed E-state index contributed by atoms with van der Waals surface area (Å²) in [5.74, 6) is 1.02. The van der Waals surface area contributed by atoms with Crippen LogP contribution in [0.1, 0.15) is 29.3 Å². The minimum Gasteiger partial charge on any atom is -0.493 e. The summed E-state index contributed by atoms with van der Waals surface area (Å²) in [6, 6.07) is 11.6. The zero-order chi connectivity index (χ0) is 19.2. The topological polar surface area (TPSA) is 63.3 Å². The SMILES string of the molecule is CCCOc1c(Br)cc(C(=O)NCCc2c[nH]c3ccccc23)cc1OC. The van der Waals surface area contributed by atoms with Crippen molar-refractivity contribution in [1.29, 1.82) is 0 Å². The third-order valence-corrected chi connectivity index (χ3v) is 4.89. The van der Waals surface area contributed by atoms with E-state index in [-0.39, 0.29) is 5.91 Å². The number of benzene rings is 2. The lowest BCUT2D eigenvalue weighted by Crippen LogP contribution is -2.25. The Kier molecular flexibility index (Phi) is 6.40. The van der Waals surface area contributed by atoms with Gasteiger partial charge in [0.2, 0.25) is 0 Å². The number of ether oxygens (including phenoxy) is 2. The molecule has 6 heteroatoms. The van der Waals surface area contributed by atoms with E-state index in [9.17, 15) is 4.79 Å². The number of carbonyl (C=O) groups excluding carboxylic acids is 1. The first kappa shape index (κ1) is 19.3. The Morgan fingerprint density at radius 2 is 2.07 bits per heavy atom. The van der Waals surface area contributed by atoms with Gasteiger partial charge in [-0.25, -0.2) is 0 Å². The number of aromatic nitrogens is 1. The van der Waals surface area contributed by atoms with E-state index in [4.69, 9.17) is 9.47 Å². The van der Waals surface area contributed by atoms with E-state index >= 15 is 0 Å². The zero-order valence-corrected chi connectivity index (χ0v) is 17.1. The van der Waals surface area contributed by atoms with Crippen LogP contribution in [0.15, 0.2) is 47.1 Å². The van der Waals surface area contributed by atoms with Crippen LogP contribution in [0.2, 0.25) is 0 Å². The molecule has 142 valence electrons. The molecule has 5 nitrogen and oxygen atoms in total. The Hall–Kier alpha value is -2.47. The maximum atomic E-state index is 12.5. The molecular weight excluding hydrogens is 408 g/mol. The van der Waals surface area contributed by atoms with Gasteiger partial charge >= 0.3 is 0 Å². The Bertz CT molecular complexity index is 936. The van der Waals surface area contributed by atoms with Gasteiger partial charge in [0, 0.05) is 29.2 Å². The van der Waals surface area contributed by atoms with Gasteiger partial charge in [0.25, 0.3) is 5.91 Å². The van der Waals surface area contributed by atoms with Gasteiger partial charge in [-0.05, 0) is 52.5 Å². The largest absolute Gasteiger partial charge is 0.493 e. The van der Waals surface area contributed by atoms with Crippen molar-refractivity contribution in [2.75, 3.05) is 20.3 Å². The fourth-order valence-electron chi connectivity index (χ4n) is 2.95. The minimum atomic E-state index is -0.143. The second-order valence-corrected chi connectivity index (χ2v) is 7.06. The summed E-state index contributed by atoms with van der Waals surface area (Å²) in [6.45, 7) is 3.18. The molecule has 3 rings (SSSR count). The number of hydrogen-bond donors (Lipinski definition) is 2. The van der Waals surface area contributed by atoms with Gasteiger partial charge in [-0.3, -0.25) is 4.79 Å². The van der Waals surface area contributed by atoms with Gasteiger partial charge in [0.1, 0.15) is 0 Å². The number of amides is 1. The van der Waals surface area contributed by atoms with Crippen LogP contribution in [-0.4, -0.2) is 31.2 Å². The highest BCUT2D eigenvalue weighted by molar-refractivity contribution is 9.10. The van der Waals surface area contributed by atoms with Crippen LogP contribution in [0.4, 0.5) is 0 Å². The lowest BCUT2D eigenvalue weighted by Gasteiger charge is -2.14. The monoisotopic (exact) mass is 430 g/mol. The Labute approximate surface area is 167 Å². The van der Waals surface area contributed by atoms with Gasteiger partial charge in [-0.15, -0.1) is 0 Å². The van der Waals surface area contributed by atoms with E-state index in [1.807, 2.05) is 31.3 Å². The maximum absolute atomic E-state index is 12.5. The standard InChI is InChI=1S/C21H23BrN2O3/c1-3-10-27-20-17(22)11-15(12-19(20)26-2)21(25)23-9-8-14-13-24-18-7-5-4-6-16(14)18/h4-7,11-13,24H,3,8-10H2,1-2H3,(H,23,25). The van der Waals surface area contributed by atoms with Crippen molar-refractivity contribution < 1.29 is 14.3 Å². The molecule has 0 unspecified atom stereocenters. The van der Waals surface area contributed by atoms with Crippen LogP contribution < -0.4 is 14.8 Å². The smallest absolute Gasteiger partial charge is 0.251 e. The average Bonchev–Trinajstić information content (AvgIpc) is 3.09. The van der Waals surface area contributed by atoms with E-state index in [1.165, 1.54) is 10.9 Å². The van der Waals surface area contributed by atoms with Crippen molar-refractivity contribution in [3.05, 3.63) is 58.2 Å². The minimum absolute atomic E-state index is 0.143. The molecule has 1 heterocycles. The number of nitrogens with one attached hydrogen (secondary N) is 2. The molecule has 0 bridgehead atoms. The van der Waals surface area contributed by atoms with E-state index in [1.54, 1.807) is 19.2 Å². The van der Waals surface area contributed by atoms with Gasteiger partial charge in [0.15, 0.2) is 11.5 Å². The Balaban J connectivity index is 1.66. The second-order valence-electron chi connectivity index (χ2n) is 6.20. The van der Waals surface area contributed by atoms with Crippen LogP contribution in [0.5, 0.6) is 11.5 Å². The third kappa shape index (κ3) is 4.45. The van der Waals surface area contributed by atoms with Crippen molar-refractivity contribution in [3.63, 3.8) is 0 Å². The molecule has 0 radical (unpaired) electrons. The summed E-state index contributed by atoms with van der Waals surface area (Å²) in [4.78, 5) is 15.8. The molecule has 0 saturated heterocycles. The fourth-order valence-corrected chi connectivity index (χ4v) is 3.50. The number of para-hydroxylation sites is 1. The predicted octanol–water partition coefficient (Wildman–Crippen LogP) is 4.70. The molecular formula is C21H23BrN2O3. The average molecular weight is 431 g/mol. The molecule has 3 aromatic rings. The first-order chi connectivity index (χ1) is 13.1. The first-order valence-electron chi connectivity index (χ1n) is 8.97. The maximum Gasteiger partial charge on any atom is 0.251 e. The molecule has 1 amide bonds. The molecule has 0 aliphatic carbocycles. The number of aromatic amines is 1. The molecule has 0 atom stereocenters. The number of methoxy groups -OCH3 is 1. The van der Waals surface area contributed by atoms with Crippen LogP contribution in [0, 0.1) is 0 Å². The number of rotatable bonds is 8. The summed E-state index contributed by atoms with van der Waals surface area (Å²) in [7, 11) is 1.57. The summed E-state index contributed by atoms with van der Waals surface area (Å²) >= 11 is 3.47. The summed E-state index contributed by atoms with van der Waals surface area (Å²) in [5.41, 5.74) is 2.82. The molecule has 1 aromatic heterocycles. The van der Waals surface area contributed by atoms with Gasteiger partial charge in [-0.1, -0.05) is 25.1 Å². The first-order valence-corrected chi connectivity index (χ1v) is 9.76. The van der Waals surface area contributed by atoms with Crippen LogP contribution >= 0.6 is 15.9 Å². The number of halogens is 1. The zero-order valence-electron chi connectivity index (χ0n) is 15.5. The highest BCUT2D eigenvalue weighted by Gasteiger charge is 2.15. The van der Waals surface area contributed by atoms with Crippen LogP contribution in [-0.2, 0) is 6.42 Å². The van der Waals surface area contributed by atoms with Gasteiger partial charge in [-0.2, -0.15) is 0 Å². The molecule has 0 aliphatic rings. The molecule has 0 fully saturated rings. The van der Waals surface area contributed by atoms with E-state index in [0.717, 1.165) is 18.4 Å². The van der Waals surface area contributed by atoms with Crippen molar-refractivity contribution >= 4 is 32.7 Å². The number of fused-ring (bicyclic) bond motifs is 1. The second kappa shape index (κ2) is 8.95. The lowest BCUT2D eigenvalue weighted by atomic mass is 10.1. The quantitative estimate of drug-likeness (QED) is 0.544. The van der Waals surface area contributed by atoms with Crippen LogP contribution in [0.25, 0.3) is 10.9 Å². The number of hydrogen-bond acceptors (Lipinski definition) is 3. The third-order valence-electron chi connectivity index (χ3n) is 4.30.